The minimum atomic E-state index is -0.698. The minimum Gasteiger partial charge on any atom is -0.457 e. The van der Waals surface area contributed by atoms with E-state index in [-0.39, 0.29) is 23.3 Å². The number of fused-ring (bicyclic) bond motifs is 1. The summed E-state index contributed by atoms with van der Waals surface area (Å²) in [6, 6.07) is 12.3. The zero-order valence-corrected chi connectivity index (χ0v) is 21.3. The van der Waals surface area contributed by atoms with Crippen LogP contribution in [0.1, 0.15) is 32.4 Å². The standard InChI is InChI=1S/C27H25FN8O3/c1-15(2)26-21(17-4-6-23-18(10-17)13-30-33-23)14-36(34-26)35-27(38)32-24-7-5-19(11-22(24)28)39-20-8-9-29-25(12-20)31-16(3)37/h4-15H,1-3H3,(H,30,33)(H,29,31,37)(H2,32,35,38). The Bertz CT molecular complexity index is 1680. The van der Waals surface area contributed by atoms with Gasteiger partial charge in [-0.05, 0) is 41.8 Å². The number of carbonyl (C=O) groups is 2. The summed E-state index contributed by atoms with van der Waals surface area (Å²) in [4.78, 5) is 29.2. The maximum absolute atomic E-state index is 14.8. The molecule has 11 nitrogen and oxygen atoms in total. The summed E-state index contributed by atoms with van der Waals surface area (Å²) in [5.41, 5.74) is 6.07. The van der Waals surface area contributed by atoms with Crippen molar-refractivity contribution in [1.29, 1.82) is 0 Å². The first-order chi connectivity index (χ1) is 18.7. The number of carbonyl (C=O) groups excluding carboxylic acids is 2. The van der Waals surface area contributed by atoms with Gasteiger partial charge < -0.3 is 15.4 Å². The molecular weight excluding hydrogens is 503 g/mol. The number of hydrogen-bond donors (Lipinski definition) is 4. The van der Waals surface area contributed by atoms with E-state index in [0.717, 1.165) is 33.8 Å². The first-order valence-electron chi connectivity index (χ1n) is 12.1. The van der Waals surface area contributed by atoms with Gasteiger partial charge in [-0.1, -0.05) is 19.9 Å². The number of hydrogen-bond acceptors (Lipinski definition) is 6. The summed E-state index contributed by atoms with van der Waals surface area (Å²) in [6.45, 7) is 5.39. The van der Waals surface area contributed by atoms with Gasteiger partial charge in [0.15, 0.2) is 0 Å². The van der Waals surface area contributed by atoms with Gasteiger partial charge in [-0.25, -0.2) is 19.6 Å². The Morgan fingerprint density at radius 3 is 2.64 bits per heavy atom. The molecule has 0 unspecified atom stereocenters. The lowest BCUT2D eigenvalue weighted by atomic mass is 9.99. The van der Waals surface area contributed by atoms with Crippen LogP contribution in [0.4, 0.5) is 20.7 Å². The average Bonchev–Trinajstić information content (AvgIpc) is 3.52. The van der Waals surface area contributed by atoms with Gasteiger partial charge in [0.25, 0.3) is 0 Å². The van der Waals surface area contributed by atoms with E-state index in [1.54, 1.807) is 18.5 Å². The molecule has 12 heteroatoms. The molecule has 198 valence electrons. The number of amides is 3. The molecular formula is C27H25FN8O3. The predicted octanol–water partition coefficient (Wildman–Crippen LogP) is 5.61. The molecule has 0 atom stereocenters. The van der Waals surface area contributed by atoms with Gasteiger partial charge in [0, 0.05) is 36.2 Å². The quantitative estimate of drug-likeness (QED) is 0.217. The first-order valence-corrected chi connectivity index (χ1v) is 12.1. The third kappa shape index (κ3) is 5.85. The highest BCUT2D eigenvalue weighted by molar-refractivity contribution is 5.95. The molecule has 39 heavy (non-hydrogen) atoms. The maximum atomic E-state index is 14.8. The Hall–Kier alpha value is -5.26. The van der Waals surface area contributed by atoms with Crippen molar-refractivity contribution < 1.29 is 18.7 Å². The molecule has 0 aliphatic rings. The number of H-pyrrole nitrogens is 1. The SMILES string of the molecule is CC(=O)Nc1cc(Oc2ccc(NC(=O)Nn3cc(-c4ccc5[nH]ncc5c4)c(C(C)C)n3)c(F)c2)ccn1. The summed E-state index contributed by atoms with van der Waals surface area (Å²) in [5.74, 6) is -0.0239. The van der Waals surface area contributed by atoms with Crippen LogP contribution in [0, 0.1) is 5.82 Å². The van der Waals surface area contributed by atoms with Crippen LogP contribution in [0.2, 0.25) is 0 Å². The number of halogens is 1. The molecule has 0 spiro atoms. The van der Waals surface area contributed by atoms with Gasteiger partial charge in [0.2, 0.25) is 5.91 Å². The van der Waals surface area contributed by atoms with E-state index in [1.807, 2.05) is 32.0 Å². The lowest BCUT2D eigenvalue weighted by Crippen LogP contribution is -2.28. The van der Waals surface area contributed by atoms with Crippen molar-refractivity contribution in [3.63, 3.8) is 0 Å². The molecule has 2 aromatic carbocycles. The molecule has 3 amide bonds. The van der Waals surface area contributed by atoms with Crippen LogP contribution in [0.15, 0.2) is 67.1 Å². The van der Waals surface area contributed by atoms with Crippen molar-refractivity contribution in [2.45, 2.75) is 26.7 Å². The van der Waals surface area contributed by atoms with E-state index in [2.05, 4.69) is 36.3 Å². The van der Waals surface area contributed by atoms with Crippen molar-refractivity contribution in [3.05, 3.63) is 78.6 Å². The molecule has 0 fully saturated rings. The molecule has 0 aliphatic carbocycles. The second-order valence-electron chi connectivity index (χ2n) is 9.07. The monoisotopic (exact) mass is 528 g/mol. The van der Waals surface area contributed by atoms with E-state index in [0.29, 0.717) is 11.6 Å². The number of rotatable bonds is 7. The smallest absolute Gasteiger partial charge is 0.339 e. The van der Waals surface area contributed by atoms with E-state index in [4.69, 9.17) is 4.74 Å². The molecule has 0 radical (unpaired) electrons. The summed E-state index contributed by atoms with van der Waals surface area (Å²) in [5, 5.41) is 17.5. The highest BCUT2D eigenvalue weighted by atomic mass is 19.1. The third-order valence-electron chi connectivity index (χ3n) is 5.72. The fourth-order valence-electron chi connectivity index (χ4n) is 3.98. The van der Waals surface area contributed by atoms with Gasteiger partial charge in [0.05, 0.1) is 29.3 Å². The van der Waals surface area contributed by atoms with Crippen LogP contribution in [0.5, 0.6) is 11.5 Å². The van der Waals surface area contributed by atoms with E-state index in [9.17, 15) is 14.0 Å². The van der Waals surface area contributed by atoms with Crippen LogP contribution in [0.25, 0.3) is 22.0 Å². The van der Waals surface area contributed by atoms with Crippen molar-refractivity contribution >= 4 is 34.3 Å². The average molecular weight is 529 g/mol. The summed E-state index contributed by atoms with van der Waals surface area (Å²) < 4.78 is 20.4. The second-order valence-corrected chi connectivity index (χ2v) is 9.07. The number of aromatic nitrogens is 5. The van der Waals surface area contributed by atoms with Crippen LogP contribution in [-0.2, 0) is 4.79 Å². The number of anilines is 2. The number of nitrogens with one attached hydrogen (secondary N) is 4. The van der Waals surface area contributed by atoms with Gasteiger partial charge in [-0.3, -0.25) is 9.89 Å². The number of aromatic amines is 1. The number of urea groups is 1. The van der Waals surface area contributed by atoms with Gasteiger partial charge in [0.1, 0.15) is 23.1 Å². The molecule has 0 saturated heterocycles. The van der Waals surface area contributed by atoms with Gasteiger partial charge in [-0.2, -0.15) is 15.0 Å². The van der Waals surface area contributed by atoms with Crippen molar-refractivity contribution in [3.8, 4) is 22.6 Å². The van der Waals surface area contributed by atoms with Crippen LogP contribution in [0.3, 0.4) is 0 Å². The Morgan fingerprint density at radius 2 is 1.87 bits per heavy atom. The Balaban J connectivity index is 1.28. The molecule has 4 N–H and O–H groups in total. The zero-order valence-electron chi connectivity index (χ0n) is 21.3. The summed E-state index contributed by atoms with van der Waals surface area (Å²) in [7, 11) is 0. The van der Waals surface area contributed by atoms with Crippen LogP contribution >= 0.6 is 0 Å². The molecule has 0 aliphatic heterocycles. The maximum Gasteiger partial charge on any atom is 0.339 e. The lowest BCUT2D eigenvalue weighted by molar-refractivity contribution is -0.114. The van der Waals surface area contributed by atoms with E-state index >= 15 is 0 Å². The molecule has 3 heterocycles. The van der Waals surface area contributed by atoms with Crippen LogP contribution in [-0.4, -0.2) is 37.0 Å². The number of benzene rings is 2. The fraction of sp³-hybridized carbons (Fsp3) is 0.148. The summed E-state index contributed by atoms with van der Waals surface area (Å²) >= 11 is 0. The topological polar surface area (TPSA) is 139 Å². The molecule has 5 rings (SSSR count). The van der Waals surface area contributed by atoms with Crippen molar-refractivity contribution in [2.75, 3.05) is 16.1 Å². The van der Waals surface area contributed by atoms with E-state index < -0.39 is 11.8 Å². The first kappa shape index (κ1) is 25.4. The second kappa shape index (κ2) is 10.6. The Morgan fingerprint density at radius 1 is 1.05 bits per heavy atom. The number of nitrogens with zero attached hydrogens (tertiary/aromatic N) is 4. The summed E-state index contributed by atoms with van der Waals surface area (Å²) in [6.07, 6.45) is 4.92. The normalized spacial score (nSPS) is 11.0. The Labute approximate surface area is 222 Å². The molecule has 3 aromatic heterocycles. The predicted molar refractivity (Wildman–Crippen MR) is 145 cm³/mol. The third-order valence-corrected chi connectivity index (χ3v) is 5.72. The number of ether oxygens (including phenoxy) is 1. The molecule has 0 saturated carbocycles. The van der Waals surface area contributed by atoms with Gasteiger partial charge in [-0.15, -0.1) is 0 Å². The zero-order chi connectivity index (χ0) is 27.5. The van der Waals surface area contributed by atoms with Crippen LogP contribution < -0.4 is 20.8 Å². The fourth-order valence-corrected chi connectivity index (χ4v) is 3.98. The van der Waals surface area contributed by atoms with Gasteiger partial charge >= 0.3 is 6.03 Å². The number of pyridine rings is 1. The lowest BCUT2D eigenvalue weighted by Gasteiger charge is -2.11. The van der Waals surface area contributed by atoms with E-state index in [1.165, 1.54) is 36.1 Å². The largest absolute Gasteiger partial charge is 0.457 e. The minimum absolute atomic E-state index is 0.0459. The molecule has 5 aromatic rings. The van der Waals surface area contributed by atoms with Crippen molar-refractivity contribution in [2.24, 2.45) is 0 Å². The molecule has 0 bridgehead atoms. The Kier molecular flexibility index (Phi) is 6.91. The highest BCUT2D eigenvalue weighted by Crippen LogP contribution is 2.30. The van der Waals surface area contributed by atoms with Crippen molar-refractivity contribution in [1.82, 2.24) is 25.1 Å². The highest BCUT2D eigenvalue weighted by Gasteiger charge is 2.17.